The molecule has 0 unspecified atom stereocenters. The summed E-state index contributed by atoms with van der Waals surface area (Å²) in [4.78, 5) is 16.8. The summed E-state index contributed by atoms with van der Waals surface area (Å²) < 4.78 is 11.2. The Morgan fingerprint density at radius 1 is 1.09 bits per heavy atom. The van der Waals surface area contributed by atoms with Gasteiger partial charge in [0.1, 0.15) is 11.5 Å². The molecule has 170 valence electrons. The number of hydrogen-bond donors (Lipinski definition) is 1. The average Bonchev–Trinajstić information content (AvgIpc) is 3.45. The van der Waals surface area contributed by atoms with Crippen LogP contribution in [0.15, 0.2) is 45.5 Å². The second kappa shape index (κ2) is 9.13. The Labute approximate surface area is 191 Å². The summed E-state index contributed by atoms with van der Waals surface area (Å²) in [5, 5.41) is 17.7. The van der Waals surface area contributed by atoms with E-state index in [1.807, 2.05) is 44.2 Å². The predicted molar refractivity (Wildman–Crippen MR) is 122 cm³/mol. The maximum atomic E-state index is 12.4. The maximum absolute atomic E-state index is 12.4. The van der Waals surface area contributed by atoms with E-state index >= 15 is 0 Å². The van der Waals surface area contributed by atoms with Gasteiger partial charge in [0.25, 0.3) is 5.89 Å². The van der Waals surface area contributed by atoms with Gasteiger partial charge in [-0.15, -0.1) is 10.2 Å². The third-order valence-corrected chi connectivity index (χ3v) is 6.62. The number of aromatic nitrogens is 4. The Morgan fingerprint density at radius 2 is 1.91 bits per heavy atom. The lowest BCUT2D eigenvalue weighted by molar-refractivity contribution is -0.120. The minimum atomic E-state index is 0.00986. The van der Waals surface area contributed by atoms with Crippen molar-refractivity contribution in [3.05, 3.63) is 59.4 Å². The molecule has 4 aromatic rings. The number of fused-ring (bicyclic) bond motifs is 1. The van der Waals surface area contributed by atoms with Crippen LogP contribution in [-0.4, -0.2) is 32.8 Å². The van der Waals surface area contributed by atoms with Crippen molar-refractivity contribution < 1.29 is 13.7 Å². The van der Waals surface area contributed by atoms with Gasteiger partial charge in [0.2, 0.25) is 11.8 Å². The highest BCUT2D eigenvalue weighted by Gasteiger charge is 2.27. The Balaban J connectivity index is 1.16. The minimum Gasteiger partial charge on any atom is -0.419 e. The Bertz CT molecular complexity index is 1250. The van der Waals surface area contributed by atoms with E-state index in [2.05, 4.69) is 25.7 Å². The van der Waals surface area contributed by atoms with Crippen LogP contribution in [0, 0.1) is 19.8 Å². The van der Waals surface area contributed by atoms with Crippen molar-refractivity contribution in [3.8, 4) is 11.6 Å². The molecular formula is C25H27N5O3. The van der Waals surface area contributed by atoms with Gasteiger partial charge >= 0.3 is 0 Å². The molecule has 3 aromatic heterocycles. The van der Waals surface area contributed by atoms with Crippen molar-refractivity contribution in [1.29, 1.82) is 0 Å². The standard InChI is InChI=1S/C25H27N5O3/c1-15-21(16(2)33-30-15)13-22(31)27-14-17-7-9-19(10-8-17)24-28-29-25(32-24)23-20-6-4-3-5-18(20)11-12-26-23/h3-6,11-12,17,19H,7-10,13-14H2,1-2H3,(H,27,31). The molecule has 1 aliphatic carbocycles. The van der Waals surface area contributed by atoms with Crippen molar-refractivity contribution in [2.45, 2.75) is 51.9 Å². The molecule has 0 aliphatic heterocycles. The van der Waals surface area contributed by atoms with Crippen LogP contribution >= 0.6 is 0 Å². The molecule has 8 nitrogen and oxygen atoms in total. The summed E-state index contributed by atoms with van der Waals surface area (Å²) in [6.45, 7) is 4.38. The molecule has 33 heavy (non-hydrogen) atoms. The fourth-order valence-electron chi connectivity index (χ4n) is 4.63. The summed E-state index contributed by atoms with van der Waals surface area (Å²) in [7, 11) is 0. The maximum Gasteiger partial charge on any atom is 0.266 e. The second-order valence-electron chi connectivity index (χ2n) is 8.83. The van der Waals surface area contributed by atoms with Crippen molar-refractivity contribution in [2.75, 3.05) is 6.54 Å². The molecule has 1 saturated carbocycles. The first-order chi connectivity index (χ1) is 16.1. The number of amides is 1. The van der Waals surface area contributed by atoms with Crippen LogP contribution in [0.3, 0.4) is 0 Å². The average molecular weight is 446 g/mol. The number of carbonyl (C=O) groups is 1. The monoisotopic (exact) mass is 445 g/mol. The lowest BCUT2D eigenvalue weighted by Gasteiger charge is -2.26. The fourth-order valence-corrected chi connectivity index (χ4v) is 4.63. The van der Waals surface area contributed by atoms with Crippen LogP contribution < -0.4 is 5.32 Å². The highest BCUT2D eigenvalue weighted by Crippen LogP contribution is 2.36. The minimum absolute atomic E-state index is 0.00986. The van der Waals surface area contributed by atoms with Crippen LogP contribution in [0.1, 0.15) is 54.5 Å². The highest BCUT2D eigenvalue weighted by molar-refractivity contribution is 5.92. The molecule has 1 amide bonds. The smallest absolute Gasteiger partial charge is 0.266 e. The number of benzene rings is 1. The molecule has 0 atom stereocenters. The van der Waals surface area contributed by atoms with Gasteiger partial charge in [-0.2, -0.15) is 0 Å². The van der Waals surface area contributed by atoms with E-state index in [1.165, 1.54) is 0 Å². The van der Waals surface area contributed by atoms with Gasteiger partial charge in [-0.25, -0.2) is 0 Å². The molecule has 3 heterocycles. The third kappa shape index (κ3) is 4.51. The molecule has 1 aliphatic rings. The van der Waals surface area contributed by atoms with E-state index in [4.69, 9.17) is 8.94 Å². The SMILES string of the molecule is Cc1noc(C)c1CC(=O)NCC1CCC(c2nnc(-c3nccc4ccccc34)o2)CC1. The van der Waals surface area contributed by atoms with Crippen LogP contribution in [0.2, 0.25) is 0 Å². The zero-order chi connectivity index (χ0) is 22.8. The number of carbonyl (C=O) groups excluding carboxylic acids is 1. The molecule has 1 N–H and O–H groups in total. The first-order valence-corrected chi connectivity index (χ1v) is 11.4. The van der Waals surface area contributed by atoms with E-state index in [0.29, 0.717) is 36.4 Å². The summed E-state index contributed by atoms with van der Waals surface area (Å²) >= 11 is 0. The zero-order valence-corrected chi connectivity index (χ0v) is 18.9. The van der Waals surface area contributed by atoms with Crippen LogP contribution in [0.25, 0.3) is 22.4 Å². The lowest BCUT2D eigenvalue weighted by atomic mass is 9.82. The molecule has 0 bridgehead atoms. The summed E-state index contributed by atoms with van der Waals surface area (Å²) in [6, 6.07) is 10.0. The number of nitrogens with one attached hydrogen (secondary N) is 1. The Morgan fingerprint density at radius 3 is 2.70 bits per heavy atom. The molecule has 0 radical (unpaired) electrons. The number of nitrogens with zero attached hydrogens (tertiary/aromatic N) is 4. The Hall–Kier alpha value is -3.55. The molecule has 1 aromatic carbocycles. The van der Waals surface area contributed by atoms with E-state index < -0.39 is 0 Å². The normalized spacial score (nSPS) is 18.5. The highest BCUT2D eigenvalue weighted by atomic mass is 16.5. The van der Waals surface area contributed by atoms with Crippen molar-refractivity contribution in [2.24, 2.45) is 5.92 Å². The topological polar surface area (TPSA) is 107 Å². The van der Waals surface area contributed by atoms with Crippen molar-refractivity contribution >= 4 is 16.7 Å². The zero-order valence-electron chi connectivity index (χ0n) is 18.9. The first-order valence-electron chi connectivity index (χ1n) is 11.4. The molecule has 8 heteroatoms. The number of aryl methyl sites for hydroxylation is 2. The number of pyridine rings is 1. The van der Waals surface area contributed by atoms with Gasteiger partial charge in [0, 0.05) is 29.6 Å². The third-order valence-electron chi connectivity index (χ3n) is 6.62. The van der Waals surface area contributed by atoms with Crippen LogP contribution in [0.4, 0.5) is 0 Å². The Kier molecular flexibility index (Phi) is 5.90. The van der Waals surface area contributed by atoms with E-state index in [9.17, 15) is 4.79 Å². The molecule has 5 rings (SSSR count). The van der Waals surface area contributed by atoms with Crippen LogP contribution in [-0.2, 0) is 11.2 Å². The van der Waals surface area contributed by atoms with Gasteiger partial charge in [-0.1, -0.05) is 29.4 Å². The van der Waals surface area contributed by atoms with Gasteiger partial charge in [-0.3, -0.25) is 9.78 Å². The number of hydrogen-bond acceptors (Lipinski definition) is 7. The predicted octanol–water partition coefficient (Wildman–Crippen LogP) is 4.52. The van der Waals surface area contributed by atoms with Crippen molar-refractivity contribution in [3.63, 3.8) is 0 Å². The molecule has 1 fully saturated rings. The second-order valence-corrected chi connectivity index (χ2v) is 8.83. The van der Waals surface area contributed by atoms with Gasteiger partial charge < -0.3 is 14.3 Å². The largest absolute Gasteiger partial charge is 0.419 e. The summed E-state index contributed by atoms with van der Waals surface area (Å²) in [5.41, 5.74) is 2.38. The molecule has 0 spiro atoms. The van der Waals surface area contributed by atoms with Crippen molar-refractivity contribution in [1.82, 2.24) is 25.7 Å². The van der Waals surface area contributed by atoms with Gasteiger partial charge in [0.15, 0.2) is 0 Å². The fraction of sp³-hybridized carbons (Fsp3) is 0.400. The first kappa shape index (κ1) is 21.3. The van der Waals surface area contributed by atoms with Gasteiger partial charge in [-0.05, 0) is 56.9 Å². The quantitative estimate of drug-likeness (QED) is 0.465. The van der Waals surface area contributed by atoms with Gasteiger partial charge in [0.05, 0.1) is 12.1 Å². The summed E-state index contributed by atoms with van der Waals surface area (Å²) in [5.74, 6) is 2.57. The van der Waals surface area contributed by atoms with Crippen LogP contribution in [0.5, 0.6) is 0 Å². The lowest BCUT2D eigenvalue weighted by Crippen LogP contribution is -2.32. The molecule has 0 saturated heterocycles. The molecular weight excluding hydrogens is 418 g/mol. The van der Waals surface area contributed by atoms with E-state index in [-0.39, 0.29) is 11.8 Å². The van der Waals surface area contributed by atoms with E-state index in [0.717, 1.165) is 53.4 Å². The number of rotatable bonds is 6. The summed E-state index contributed by atoms with van der Waals surface area (Å²) in [6.07, 6.45) is 6.04. The van der Waals surface area contributed by atoms with E-state index in [1.54, 1.807) is 6.20 Å².